The van der Waals surface area contributed by atoms with Gasteiger partial charge >= 0.3 is 0 Å². The lowest BCUT2D eigenvalue weighted by atomic mass is 10.2. The first-order valence-corrected chi connectivity index (χ1v) is 5.97. The molecule has 2 aromatic heterocycles. The van der Waals surface area contributed by atoms with Crippen LogP contribution in [0.25, 0.3) is 11.0 Å². The fraction of sp³-hybridized carbons (Fsp3) is 0.500. The minimum atomic E-state index is -0.0776. The maximum Gasteiger partial charge on any atom is 0.127 e. The Morgan fingerprint density at radius 3 is 2.75 bits per heavy atom. The molecule has 16 heavy (non-hydrogen) atoms. The van der Waals surface area contributed by atoms with Crippen molar-refractivity contribution in [3.8, 4) is 0 Å². The molecule has 0 radical (unpaired) electrons. The Kier molecular flexibility index (Phi) is 3.15. The zero-order valence-corrected chi connectivity index (χ0v) is 10.6. The number of halogens is 1. The number of alkyl halides is 1. The molecule has 0 spiro atoms. The predicted molar refractivity (Wildman–Crippen MR) is 66.6 cm³/mol. The smallest absolute Gasteiger partial charge is 0.127 e. The lowest BCUT2D eigenvalue weighted by Crippen LogP contribution is -2.08. The summed E-state index contributed by atoms with van der Waals surface area (Å²) in [7, 11) is 0. The van der Waals surface area contributed by atoms with Gasteiger partial charge in [-0.25, -0.2) is 4.98 Å². The van der Waals surface area contributed by atoms with Crippen LogP contribution in [0.1, 0.15) is 32.0 Å². The number of rotatable bonds is 3. The van der Waals surface area contributed by atoms with Crippen molar-refractivity contribution < 1.29 is 0 Å². The molecule has 2 aromatic rings. The van der Waals surface area contributed by atoms with Gasteiger partial charge in [-0.15, -0.1) is 11.6 Å². The van der Waals surface area contributed by atoms with Gasteiger partial charge in [0.25, 0.3) is 0 Å². The van der Waals surface area contributed by atoms with Crippen molar-refractivity contribution in [3.63, 3.8) is 0 Å². The van der Waals surface area contributed by atoms with Crippen molar-refractivity contribution in [2.45, 2.75) is 32.7 Å². The number of hydrogen-bond acceptors (Lipinski definition) is 2. The highest BCUT2D eigenvalue weighted by Crippen LogP contribution is 2.24. The zero-order valence-electron chi connectivity index (χ0n) is 9.81. The molecule has 0 fully saturated rings. The van der Waals surface area contributed by atoms with Gasteiger partial charge in [-0.05, 0) is 18.9 Å². The maximum absolute atomic E-state index is 6.16. The van der Waals surface area contributed by atoms with E-state index in [2.05, 4.69) is 28.4 Å². The van der Waals surface area contributed by atoms with Crippen LogP contribution in [0, 0.1) is 5.92 Å². The molecule has 1 atom stereocenters. The molecule has 0 aliphatic carbocycles. The Bertz CT molecular complexity index is 488. The molecular weight excluding hydrogens is 222 g/mol. The normalized spacial score (nSPS) is 13.6. The molecule has 2 rings (SSSR count). The first-order chi connectivity index (χ1) is 7.59. The Morgan fingerprint density at radius 1 is 1.38 bits per heavy atom. The molecule has 3 nitrogen and oxygen atoms in total. The van der Waals surface area contributed by atoms with Gasteiger partial charge in [0.05, 0.1) is 17.1 Å². The highest BCUT2D eigenvalue weighted by molar-refractivity contribution is 6.20. The van der Waals surface area contributed by atoms with E-state index in [0.29, 0.717) is 5.92 Å². The number of nitrogens with zero attached hydrogens (tertiary/aromatic N) is 3. The minimum Gasteiger partial charge on any atom is -0.326 e. The van der Waals surface area contributed by atoms with E-state index in [1.807, 2.05) is 13.0 Å². The molecular formula is C12H16ClN3. The van der Waals surface area contributed by atoms with Crippen LogP contribution < -0.4 is 0 Å². The van der Waals surface area contributed by atoms with E-state index >= 15 is 0 Å². The van der Waals surface area contributed by atoms with Gasteiger partial charge < -0.3 is 4.57 Å². The van der Waals surface area contributed by atoms with Crippen molar-refractivity contribution >= 4 is 22.6 Å². The van der Waals surface area contributed by atoms with Gasteiger partial charge in [-0.3, -0.25) is 4.98 Å². The molecule has 0 aliphatic heterocycles. The lowest BCUT2D eigenvalue weighted by molar-refractivity contribution is 0.517. The Labute approximate surface area is 100 Å². The molecule has 0 saturated carbocycles. The van der Waals surface area contributed by atoms with Gasteiger partial charge in [0.1, 0.15) is 11.3 Å². The standard InChI is InChI=1S/C12H16ClN3/c1-8(2)7-16-11-4-5-14-6-10(11)15-12(16)9(3)13/h4-6,8-9H,7H2,1-3H3. The van der Waals surface area contributed by atoms with E-state index in [0.717, 1.165) is 23.4 Å². The largest absolute Gasteiger partial charge is 0.326 e. The average Bonchev–Trinajstić information content (AvgIpc) is 2.57. The minimum absolute atomic E-state index is 0.0776. The van der Waals surface area contributed by atoms with Crippen LogP contribution in [0.5, 0.6) is 0 Å². The van der Waals surface area contributed by atoms with Crippen molar-refractivity contribution in [2.75, 3.05) is 0 Å². The highest BCUT2D eigenvalue weighted by atomic mass is 35.5. The summed E-state index contributed by atoms with van der Waals surface area (Å²) in [4.78, 5) is 8.62. The van der Waals surface area contributed by atoms with E-state index in [9.17, 15) is 0 Å². The first kappa shape index (κ1) is 11.4. The molecule has 0 bridgehead atoms. The van der Waals surface area contributed by atoms with Crippen molar-refractivity contribution in [1.82, 2.24) is 14.5 Å². The summed E-state index contributed by atoms with van der Waals surface area (Å²) in [5.74, 6) is 1.50. The summed E-state index contributed by atoms with van der Waals surface area (Å²) in [6, 6.07) is 1.99. The van der Waals surface area contributed by atoms with E-state index in [1.165, 1.54) is 0 Å². The highest BCUT2D eigenvalue weighted by Gasteiger charge is 2.15. The van der Waals surface area contributed by atoms with Crippen molar-refractivity contribution in [2.24, 2.45) is 5.92 Å². The summed E-state index contributed by atoms with van der Waals surface area (Å²) in [6.45, 7) is 7.27. The van der Waals surface area contributed by atoms with Gasteiger partial charge in [0.15, 0.2) is 0 Å². The summed E-state index contributed by atoms with van der Waals surface area (Å²) < 4.78 is 2.19. The van der Waals surface area contributed by atoms with Gasteiger partial charge in [0.2, 0.25) is 0 Å². The second kappa shape index (κ2) is 4.42. The topological polar surface area (TPSA) is 30.7 Å². The Hall–Kier alpha value is -1.09. The molecule has 0 amide bonds. The Morgan fingerprint density at radius 2 is 2.12 bits per heavy atom. The quantitative estimate of drug-likeness (QED) is 0.767. The van der Waals surface area contributed by atoms with Crippen LogP contribution in [0.4, 0.5) is 0 Å². The van der Waals surface area contributed by atoms with Crippen LogP contribution in [0.3, 0.4) is 0 Å². The number of hydrogen-bond donors (Lipinski definition) is 0. The third-order valence-corrected chi connectivity index (χ3v) is 2.68. The number of fused-ring (bicyclic) bond motifs is 1. The summed E-state index contributed by atoms with van der Waals surface area (Å²) in [5, 5.41) is -0.0776. The number of pyridine rings is 1. The van der Waals surface area contributed by atoms with Gasteiger partial charge in [-0.1, -0.05) is 13.8 Å². The molecule has 0 saturated heterocycles. The van der Waals surface area contributed by atoms with Gasteiger partial charge in [-0.2, -0.15) is 0 Å². The number of aromatic nitrogens is 3. The predicted octanol–water partition coefficient (Wildman–Crippen LogP) is 3.39. The Balaban J connectivity index is 2.60. The average molecular weight is 238 g/mol. The van der Waals surface area contributed by atoms with Crippen LogP contribution in [-0.4, -0.2) is 14.5 Å². The fourth-order valence-corrected chi connectivity index (χ4v) is 2.03. The molecule has 1 unspecified atom stereocenters. The lowest BCUT2D eigenvalue weighted by Gasteiger charge is -2.12. The monoisotopic (exact) mass is 237 g/mol. The molecule has 2 heterocycles. The molecule has 0 aromatic carbocycles. The van der Waals surface area contributed by atoms with Crippen molar-refractivity contribution in [3.05, 3.63) is 24.3 Å². The van der Waals surface area contributed by atoms with Crippen molar-refractivity contribution in [1.29, 1.82) is 0 Å². The molecule has 0 aliphatic rings. The first-order valence-electron chi connectivity index (χ1n) is 5.53. The number of imidazole rings is 1. The van der Waals surface area contributed by atoms with Crippen LogP contribution in [-0.2, 0) is 6.54 Å². The summed E-state index contributed by atoms with van der Waals surface area (Å²) in [6.07, 6.45) is 3.58. The molecule has 4 heteroatoms. The third kappa shape index (κ3) is 2.05. The van der Waals surface area contributed by atoms with E-state index < -0.39 is 0 Å². The van der Waals surface area contributed by atoms with Crippen LogP contribution in [0.2, 0.25) is 0 Å². The van der Waals surface area contributed by atoms with E-state index in [-0.39, 0.29) is 5.38 Å². The second-order valence-corrected chi connectivity index (χ2v) is 5.11. The summed E-state index contributed by atoms with van der Waals surface area (Å²) >= 11 is 6.16. The van der Waals surface area contributed by atoms with Crippen LogP contribution in [0.15, 0.2) is 18.5 Å². The van der Waals surface area contributed by atoms with Crippen LogP contribution >= 0.6 is 11.6 Å². The second-order valence-electron chi connectivity index (χ2n) is 4.45. The maximum atomic E-state index is 6.16. The third-order valence-electron chi connectivity index (χ3n) is 2.48. The fourth-order valence-electron chi connectivity index (χ4n) is 1.86. The summed E-state index contributed by atoms with van der Waals surface area (Å²) in [5.41, 5.74) is 2.04. The molecule has 86 valence electrons. The SMILES string of the molecule is CC(C)Cn1c(C(C)Cl)nc2cnccc21. The molecule has 0 N–H and O–H groups in total. The van der Waals surface area contributed by atoms with E-state index in [1.54, 1.807) is 12.4 Å². The van der Waals surface area contributed by atoms with E-state index in [4.69, 9.17) is 11.6 Å². The van der Waals surface area contributed by atoms with Gasteiger partial charge in [0, 0.05) is 12.7 Å². The zero-order chi connectivity index (χ0) is 11.7.